The van der Waals surface area contributed by atoms with E-state index < -0.39 is 13.3 Å². The Kier molecular flexibility index (Phi) is 24.0. The predicted octanol–water partition coefficient (Wildman–Crippen LogP) is 30.8. The zero-order valence-corrected chi connectivity index (χ0v) is 73.7. The fourth-order valence-electron chi connectivity index (χ4n) is 18.1. The van der Waals surface area contributed by atoms with Crippen LogP contribution in [-0.2, 0) is 0 Å². The smallest absolute Gasteiger partial charge is 0.0622 e. The van der Waals surface area contributed by atoms with Gasteiger partial charge in [0.25, 0.3) is 0 Å². The number of hydrogen-bond donors (Lipinski definition) is 0. The van der Waals surface area contributed by atoms with Gasteiger partial charge >= 0.3 is 528 Å². The van der Waals surface area contributed by atoms with Crippen LogP contribution in [0.15, 0.2) is 534 Å². The standard InChI is InChI=1S/C128H92Ge/c1-9-25-97(26-10-1)101-49-41-93(42-50-101)89-125(113-33-17-5-18-34-113)117-65-57-105(58-66-117)109-73-81-121(82-74-109)129(122-83-75-110(76-84-122)106-59-67-118(68-60-106)126(114-35-19-6-20-36-114)90-94-43-51-102(52-44-94)98-27-11-2-12-28-98,123-85-77-111(78-86-123)107-61-69-119(70-62-107)127(115-37-21-7-22-38-115)91-95-45-53-103(54-46-95)99-29-13-3-14-30-99)124-87-79-112(80-88-124)108-63-71-120(72-64-108)128(116-39-23-8-24-40-116)92-96-47-55-104(56-48-96)100-31-15-4-16-32-100/h1-92H. The Morgan fingerprint density at radius 1 is 0.109 bits per heavy atom. The molecule has 20 aromatic rings. The van der Waals surface area contributed by atoms with Crippen LogP contribution in [0.25, 0.3) is 136 Å². The molecule has 0 unspecified atom stereocenters. The van der Waals surface area contributed by atoms with Crippen molar-refractivity contribution in [2.75, 3.05) is 0 Å². The van der Waals surface area contributed by atoms with Crippen molar-refractivity contribution < 1.29 is 0 Å². The minimum Gasteiger partial charge on any atom is -0.0622 e. The fourth-order valence-corrected chi connectivity index (χ4v) is 27.9. The molecule has 0 saturated heterocycles. The first-order chi connectivity index (χ1) is 63.9. The van der Waals surface area contributed by atoms with Gasteiger partial charge in [-0.05, 0) is 44.5 Å². The zero-order valence-electron chi connectivity index (χ0n) is 71.6. The molecule has 0 bridgehead atoms. The molecular formula is C128H92Ge. The van der Waals surface area contributed by atoms with E-state index in [-0.39, 0.29) is 0 Å². The van der Waals surface area contributed by atoms with E-state index in [1.165, 1.54) is 107 Å². The van der Waals surface area contributed by atoms with Crippen LogP contribution in [0.1, 0.15) is 66.8 Å². The molecule has 129 heavy (non-hydrogen) atoms. The van der Waals surface area contributed by atoms with Gasteiger partial charge in [-0.15, -0.1) is 0 Å². The average Bonchev–Trinajstić information content (AvgIpc) is 0.726. The van der Waals surface area contributed by atoms with Crippen LogP contribution in [-0.4, -0.2) is 13.3 Å². The van der Waals surface area contributed by atoms with Crippen LogP contribution >= 0.6 is 0 Å². The Balaban J connectivity index is 0.691. The van der Waals surface area contributed by atoms with Gasteiger partial charge in [-0.3, -0.25) is 0 Å². The summed E-state index contributed by atoms with van der Waals surface area (Å²) in [5.74, 6) is 0. The van der Waals surface area contributed by atoms with Crippen molar-refractivity contribution in [2.24, 2.45) is 0 Å². The van der Waals surface area contributed by atoms with Crippen LogP contribution < -0.4 is 17.6 Å². The summed E-state index contributed by atoms with van der Waals surface area (Å²) in [6.07, 6.45) is 9.29. The van der Waals surface area contributed by atoms with Crippen LogP contribution in [0.5, 0.6) is 0 Å². The van der Waals surface area contributed by atoms with Gasteiger partial charge in [0.1, 0.15) is 0 Å². The van der Waals surface area contributed by atoms with Crippen molar-refractivity contribution in [3.05, 3.63) is 601 Å². The van der Waals surface area contributed by atoms with Crippen molar-refractivity contribution >= 4 is 77.4 Å². The van der Waals surface area contributed by atoms with E-state index in [1.54, 1.807) is 0 Å². The van der Waals surface area contributed by atoms with Gasteiger partial charge in [-0.2, -0.15) is 0 Å². The summed E-state index contributed by atoms with van der Waals surface area (Å²) in [7, 11) is 0. The third-order valence-electron chi connectivity index (χ3n) is 25.0. The molecule has 0 amide bonds. The Labute approximate surface area is 761 Å². The summed E-state index contributed by atoms with van der Waals surface area (Å²) in [6, 6.07) is 197. The Bertz CT molecular complexity index is 6370. The van der Waals surface area contributed by atoms with Gasteiger partial charge < -0.3 is 0 Å². The molecular weight excluding hydrogens is 1610 g/mol. The van der Waals surface area contributed by atoms with Gasteiger partial charge in [0.2, 0.25) is 0 Å². The Morgan fingerprint density at radius 2 is 0.225 bits per heavy atom. The van der Waals surface area contributed by atoms with Crippen molar-refractivity contribution in [1.29, 1.82) is 0 Å². The molecule has 0 aromatic heterocycles. The summed E-state index contributed by atoms with van der Waals surface area (Å²) >= 11 is -4.17. The molecule has 0 aliphatic heterocycles. The molecule has 0 heterocycles. The number of hydrogen-bond acceptors (Lipinski definition) is 0. The second-order valence-electron chi connectivity index (χ2n) is 33.0. The van der Waals surface area contributed by atoms with Crippen molar-refractivity contribution in [3.63, 3.8) is 0 Å². The Morgan fingerprint density at radius 3 is 0.380 bits per heavy atom. The second kappa shape index (κ2) is 38.2. The maximum absolute atomic E-state index is 4.17. The van der Waals surface area contributed by atoms with Gasteiger partial charge in [-0.25, -0.2) is 0 Å². The molecule has 0 aliphatic rings. The van der Waals surface area contributed by atoms with Gasteiger partial charge in [0.15, 0.2) is 0 Å². The third kappa shape index (κ3) is 18.3. The minimum absolute atomic E-state index is 1.15. The van der Waals surface area contributed by atoms with Crippen LogP contribution in [0.3, 0.4) is 0 Å². The van der Waals surface area contributed by atoms with E-state index >= 15 is 0 Å². The van der Waals surface area contributed by atoms with Gasteiger partial charge in [-0.1, -0.05) is 194 Å². The molecule has 0 radical (unpaired) electrons. The molecule has 20 aromatic carbocycles. The fraction of sp³-hybridized carbons (Fsp3) is 0. The zero-order chi connectivity index (χ0) is 86.3. The molecule has 0 spiro atoms. The molecule has 0 atom stereocenters. The molecule has 0 nitrogen and oxygen atoms in total. The van der Waals surface area contributed by atoms with E-state index in [0.29, 0.717) is 0 Å². The second-order valence-corrected chi connectivity index (χ2v) is 41.0. The third-order valence-corrected chi connectivity index (χ3v) is 35.1. The summed E-state index contributed by atoms with van der Waals surface area (Å²) in [6.45, 7) is 0. The molecule has 0 aliphatic carbocycles. The van der Waals surface area contributed by atoms with E-state index in [1.807, 2.05) is 0 Å². The minimum atomic E-state index is -4.17. The molecule has 0 fully saturated rings. The molecule has 0 N–H and O–H groups in total. The van der Waals surface area contributed by atoms with Gasteiger partial charge in [0.05, 0.1) is 0 Å². The SMILES string of the molecule is C(=C(c1ccccc1)c1ccc(-c2cc[c]([Ge]([c]3ccc(-c4ccc(C(=Cc5ccc(-c6ccccc6)cc5)c5ccccc5)cc4)cc3)([c]3ccc(-c4ccc(C(=Cc5ccc(-c6ccccc6)cc5)c5ccccc5)cc4)cc3)[c]3ccc(-c4ccc(C(=Cc5ccc(-c6ccccc6)cc5)c5ccccc5)cc4)cc3)cc2)cc1)c1ccc(-c2ccccc2)cc1. The molecule has 20 rings (SSSR count). The van der Waals surface area contributed by atoms with E-state index in [2.05, 4.69) is 558 Å². The molecule has 0 saturated carbocycles. The summed E-state index contributed by atoms with van der Waals surface area (Å²) in [5, 5.41) is 0. The monoisotopic (exact) mass is 1700 g/mol. The van der Waals surface area contributed by atoms with E-state index in [0.717, 1.165) is 89.0 Å². The maximum atomic E-state index is 2.46. The molecule has 1 heteroatoms. The van der Waals surface area contributed by atoms with Crippen molar-refractivity contribution in [2.45, 2.75) is 0 Å². The topological polar surface area (TPSA) is 0 Å². The van der Waals surface area contributed by atoms with Crippen LogP contribution in [0.4, 0.5) is 0 Å². The van der Waals surface area contributed by atoms with E-state index in [4.69, 9.17) is 0 Å². The molecule has 608 valence electrons. The van der Waals surface area contributed by atoms with Crippen LogP contribution in [0, 0.1) is 0 Å². The first-order valence-electron chi connectivity index (χ1n) is 44.5. The van der Waals surface area contributed by atoms with Crippen LogP contribution in [0.2, 0.25) is 0 Å². The number of rotatable bonds is 24. The average molecular weight is 1700 g/mol. The quantitative estimate of drug-likeness (QED) is 0.0418. The van der Waals surface area contributed by atoms with Gasteiger partial charge in [0, 0.05) is 0 Å². The first kappa shape index (κ1) is 81.3. The van der Waals surface area contributed by atoms with Crippen molar-refractivity contribution in [1.82, 2.24) is 0 Å². The number of benzene rings is 20. The first-order valence-corrected chi connectivity index (χ1v) is 48.6. The summed E-state index contributed by atoms with van der Waals surface area (Å²) < 4.78 is 5.31. The summed E-state index contributed by atoms with van der Waals surface area (Å²) in [4.78, 5) is 0. The predicted molar refractivity (Wildman–Crippen MR) is 553 cm³/mol. The Hall–Kier alpha value is -16.1. The normalized spacial score (nSPS) is 12.3. The van der Waals surface area contributed by atoms with E-state index in [9.17, 15) is 0 Å². The van der Waals surface area contributed by atoms with Crippen molar-refractivity contribution in [3.8, 4) is 89.0 Å². The summed E-state index contributed by atoms with van der Waals surface area (Å²) in [5.41, 5.74) is 37.4.